The van der Waals surface area contributed by atoms with Crippen LogP contribution in [0.15, 0.2) is 24.3 Å². The number of hydrogen-bond donors (Lipinski definition) is 17. The molecular formula is C56H90N12O21. The van der Waals surface area contributed by atoms with Gasteiger partial charge in [-0.25, -0.2) is 9.59 Å². The predicted octanol–water partition coefficient (Wildman–Crippen LogP) is -4.00. The van der Waals surface area contributed by atoms with E-state index in [1.807, 2.05) is 29.8 Å². The molecule has 1 aliphatic heterocycles. The lowest BCUT2D eigenvalue weighted by molar-refractivity contribution is -0.153. The highest BCUT2D eigenvalue weighted by Gasteiger charge is 2.45. The molecule has 14 atom stereocenters. The lowest BCUT2D eigenvalue weighted by Gasteiger charge is -2.33. The van der Waals surface area contributed by atoms with E-state index in [0.29, 0.717) is 12.3 Å². The molecule has 33 nitrogen and oxygen atoms in total. The van der Waals surface area contributed by atoms with Crippen LogP contribution >= 0.6 is 0 Å². The van der Waals surface area contributed by atoms with Crippen LogP contribution in [-0.4, -0.2) is 211 Å². The molecule has 1 aliphatic rings. The van der Waals surface area contributed by atoms with Crippen molar-refractivity contribution in [3.8, 4) is 0 Å². The van der Waals surface area contributed by atoms with Gasteiger partial charge in [0.1, 0.15) is 48.3 Å². The number of rotatable bonds is 39. The minimum absolute atomic E-state index is 0.0113. The van der Waals surface area contributed by atoms with Crippen molar-refractivity contribution in [1.82, 2.24) is 52.8 Å². The van der Waals surface area contributed by atoms with Gasteiger partial charge in [0, 0.05) is 12.6 Å². The predicted molar refractivity (Wildman–Crippen MR) is 313 cm³/mol. The molecule has 4 unspecified atom stereocenters. The number of carboxylic acids is 5. The summed E-state index contributed by atoms with van der Waals surface area (Å²) in [6, 6.07) is -17.3. The van der Waals surface area contributed by atoms with Crippen LogP contribution in [0.1, 0.15) is 114 Å². The van der Waals surface area contributed by atoms with E-state index in [9.17, 15) is 103 Å². The number of carbonyl (C=O) groups excluding carboxylic acids is 10. The molecule has 1 rings (SSSR count). The molecule has 1 saturated heterocycles. The van der Waals surface area contributed by atoms with Crippen LogP contribution in [0.25, 0.3) is 0 Å². The average molecular weight is 1270 g/mol. The smallest absolute Gasteiger partial charge is 0.335 e. The number of nitrogens with zero attached hydrogens (tertiary/aromatic N) is 1. The van der Waals surface area contributed by atoms with E-state index >= 15 is 0 Å². The Hall–Kier alpha value is -8.59. The third-order valence-corrected chi connectivity index (χ3v) is 14.3. The largest absolute Gasteiger partial charge is 0.481 e. The number of aliphatic hydroxyl groups is 1. The summed E-state index contributed by atoms with van der Waals surface area (Å²) in [4.78, 5) is 197. The van der Waals surface area contributed by atoms with Gasteiger partial charge in [0.15, 0.2) is 6.10 Å². The van der Waals surface area contributed by atoms with Crippen LogP contribution in [0, 0.1) is 35.5 Å². The van der Waals surface area contributed by atoms with E-state index in [1.165, 1.54) is 26.8 Å². The van der Waals surface area contributed by atoms with Crippen molar-refractivity contribution in [2.24, 2.45) is 47.0 Å². The second-order valence-electron chi connectivity index (χ2n) is 23.0. The summed E-state index contributed by atoms with van der Waals surface area (Å²) in [6.45, 7) is 14.1. The SMILES string of the molecule is CC(C)CC/C=C\C=C\C(=O)N[C@H](C(=O)N[C@H](C(=O)O)C(C)NC(=O)[C@@H]1C[C@@H](C)CN1C(=O)[C@@H](NC(=O)[C@H](NC(=O)CNC(=O)[C@H](CC(=O)O)NC(=O)[C@@H](NC(=O)[C@H](CCCCN)NC(=O)[C@H](N)C(C)C)C(O)C(=O)O)C(C)C(=O)O)C(C)C)C(C)C(=O)O. The van der Waals surface area contributed by atoms with Crippen LogP contribution in [0.4, 0.5) is 0 Å². The van der Waals surface area contributed by atoms with Gasteiger partial charge in [0.05, 0.1) is 36.9 Å². The Balaban J connectivity index is 3.38. The quantitative estimate of drug-likeness (QED) is 0.0158. The van der Waals surface area contributed by atoms with Crippen molar-refractivity contribution in [2.45, 2.75) is 181 Å². The van der Waals surface area contributed by atoms with Crippen molar-refractivity contribution in [3.63, 3.8) is 0 Å². The maximum atomic E-state index is 14.4. The van der Waals surface area contributed by atoms with Gasteiger partial charge in [-0.2, -0.15) is 0 Å². The molecule has 1 heterocycles. The summed E-state index contributed by atoms with van der Waals surface area (Å²) in [5.41, 5.74) is 11.5. The Morgan fingerprint density at radius 1 is 0.562 bits per heavy atom. The van der Waals surface area contributed by atoms with E-state index in [-0.39, 0.29) is 32.4 Å². The monoisotopic (exact) mass is 1270 g/mol. The summed E-state index contributed by atoms with van der Waals surface area (Å²) in [5, 5.41) is 79.4. The number of hydrogen-bond acceptors (Lipinski definition) is 18. The zero-order valence-electron chi connectivity index (χ0n) is 51.6. The van der Waals surface area contributed by atoms with Crippen LogP contribution < -0.4 is 59.3 Å². The minimum atomic E-state index is -2.74. The zero-order valence-corrected chi connectivity index (χ0v) is 51.6. The average Bonchev–Trinajstić information content (AvgIpc) is 4.13. The molecule has 19 N–H and O–H groups in total. The molecule has 0 saturated carbocycles. The van der Waals surface area contributed by atoms with E-state index in [1.54, 1.807) is 32.9 Å². The second kappa shape index (κ2) is 38.0. The fraction of sp³-hybridized carbons (Fsp3) is 0.661. The number of nitrogens with one attached hydrogen (secondary N) is 9. The van der Waals surface area contributed by atoms with Crippen LogP contribution in [-0.2, 0) is 71.9 Å². The van der Waals surface area contributed by atoms with E-state index in [4.69, 9.17) is 11.5 Å². The molecule has 0 aromatic rings. The Labute approximate surface area is 514 Å². The third-order valence-electron chi connectivity index (χ3n) is 14.3. The molecule has 0 aromatic carbocycles. The second-order valence-corrected chi connectivity index (χ2v) is 23.0. The number of aliphatic carboxylic acids is 5. The summed E-state index contributed by atoms with van der Waals surface area (Å²) in [6.07, 6.45) is 3.89. The van der Waals surface area contributed by atoms with E-state index in [2.05, 4.69) is 31.9 Å². The van der Waals surface area contributed by atoms with Gasteiger partial charge in [-0.15, -0.1) is 0 Å². The van der Waals surface area contributed by atoms with Gasteiger partial charge >= 0.3 is 29.8 Å². The number of likely N-dealkylation sites (tertiary alicyclic amines) is 1. The molecule has 10 amide bonds. The van der Waals surface area contributed by atoms with E-state index in [0.717, 1.165) is 37.7 Å². The Morgan fingerprint density at radius 2 is 1.10 bits per heavy atom. The number of carbonyl (C=O) groups is 15. The fourth-order valence-corrected chi connectivity index (χ4v) is 8.77. The first-order valence-electron chi connectivity index (χ1n) is 29.0. The van der Waals surface area contributed by atoms with Gasteiger partial charge in [-0.05, 0) is 89.5 Å². The first kappa shape index (κ1) is 78.4. The number of nitrogens with two attached hydrogens (primary N) is 2. The number of carboxylic acid groups (broad SMARTS) is 5. The molecule has 500 valence electrons. The van der Waals surface area contributed by atoms with Crippen molar-refractivity contribution >= 4 is 88.9 Å². The Kier molecular flexibility index (Phi) is 33.4. The van der Waals surface area contributed by atoms with Crippen molar-refractivity contribution in [3.05, 3.63) is 24.3 Å². The Morgan fingerprint density at radius 3 is 1.61 bits per heavy atom. The maximum absolute atomic E-state index is 14.4. The van der Waals surface area contributed by atoms with Crippen LogP contribution in [0.2, 0.25) is 0 Å². The van der Waals surface area contributed by atoms with Gasteiger partial charge in [-0.3, -0.25) is 62.3 Å². The molecule has 0 radical (unpaired) electrons. The summed E-state index contributed by atoms with van der Waals surface area (Å²) in [5.74, 6) is -24.7. The summed E-state index contributed by atoms with van der Waals surface area (Å²) in [7, 11) is 0. The standard InChI is InChI=1S/C56H90N12O21/c1-25(2)17-13-11-12-14-19-35(69)63-40(29(8)53(82)83)50(79)66-42(55(86)87)31(10)60-47(76)34-21-28(7)24-68(34)52(81)39(27(5)6)65-49(78)41(30(9)54(84)85)64-36(70)23-59-45(74)33(22-37(71)72)62-51(80)43(44(73)56(88)89)67-46(75)32(18-15-16-20-57)61-48(77)38(58)26(3)4/h11-12,14,19,25-34,38-44,73H,13,15-18,20-24,57-58H2,1-10H3,(H,59,74)(H,60,76)(H,61,77)(H,62,80)(H,63,69)(H,64,70)(H,65,78)(H,66,79)(H,67,75)(H,71,72)(H,82,83)(H,84,85)(H,86,87)(H,88,89)/b12-11-,19-14+/t28-,29?,30?,31?,32+,33+,34+,38-,39+,40+,41-,42+,43+,44?/m1/s1. The molecular weight excluding hydrogens is 1180 g/mol. The molecule has 0 bridgehead atoms. The highest BCUT2D eigenvalue weighted by molar-refractivity contribution is 6.01. The van der Waals surface area contributed by atoms with Gasteiger partial charge in [0.25, 0.3) is 0 Å². The first-order valence-corrected chi connectivity index (χ1v) is 29.0. The first-order chi connectivity index (χ1) is 41.4. The summed E-state index contributed by atoms with van der Waals surface area (Å²) >= 11 is 0. The zero-order chi connectivity index (χ0) is 68.3. The number of amides is 10. The minimum Gasteiger partial charge on any atom is -0.481 e. The Bertz CT molecular complexity index is 2610. The van der Waals surface area contributed by atoms with Crippen LogP contribution in [0.3, 0.4) is 0 Å². The third kappa shape index (κ3) is 26.3. The number of aliphatic hydroxyl groups excluding tert-OH is 1. The maximum Gasteiger partial charge on any atom is 0.335 e. The fourth-order valence-electron chi connectivity index (χ4n) is 8.77. The highest BCUT2D eigenvalue weighted by Crippen LogP contribution is 2.26. The lowest BCUT2D eigenvalue weighted by Crippen LogP contribution is -2.62. The van der Waals surface area contributed by atoms with Gasteiger partial charge < -0.3 is 94.9 Å². The van der Waals surface area contributed by atoms with Crippen molar-refractivity contribution < 1.29 is 103 Å². The molecule has 0 spiro atoms. The molecule has 33 heteroatoms. The van der Waals surface area contributed by atoms with Crippen molar-refractivity contribution in [2.75, 3.05) is 19.6 Å². The van der Waals surface area contributed by atoms with Gasteiger partial charge in [0.2, 0.25) is 59.1 Å². The molecule has 89 heavy (non-hydrogen) atoms. The number of allylic oxidation sites excluding steroid dienone is 3. The lowest BCUT2D eigenvalue weighted by atomic mass is 9.97. The highest BCUT2D eigenvalue weighted by atomic mass is 16.4. The molecule has 1 fully saturated rings. The molecule has 0 aliphatic carbocycles. The van der Waals surface area contributed by atoms with Crippen LogP contribution in [0.5, 0.6) is 0 Å². The molecule has 0 aromatic heterocycles. The normalized spacial score (nSPS) is 18.1. The van der Waals surface area contributed by atoms with Crippen molar-refractivity contribution in [1.29, 1.82) is 0 Å². The van der Waals surface area contributed by atoms with Gasteiger partial charge in [-0.1, -0.05) is 66.7 Å². The summed E-state index contributed by atoms with van der Waals surface area (Å²) < 4.78 is 0. The topological polar surface area (TPSA) is 541 Å². The number of unbranched alkanes of at least 4 members (excludes halogenated alkanes) is 1. The van der Waals surface area contributed by atoms with E-state index < -0.39 is 198 Å².